The number of nitrogens with two attached hydrogens (primary N) is 1. The van der Waals surface area contributed by atoms with E-state index in [1.807, 2.05) is 31.2 Å². The van der Waals surface area contributed by atoms with Crippen LogP contribution in [0.2, 0.25) is 10.0 Å². The Labute approximate surface area is 116 Å². The van der Waals surface area contributed by atoms with Gasteiger partial charge < -0.3 is 10.5 Å². The molecule has 0 aliphatic heterocycles. The molecule has 0 aromatic heterocycles. The van der Waals surface area contributed by atoms with Crippen molar-refractivity contribution in [2.75, 3.05) is 5.73 Å². The summed E-state index contributed by atoms with van der Waals surface area (Å²) in [6.45, 7) is 1.95. The monoisotopic (exact) mass is 281 g/mol. The molecule has 2 rings (SSSR count). The average Bonchev–Trinajstić information content (AvgIpc) is 2.34. The van der Waals surface area contributed by atoms with Gasteiger partial charge in [0.1, 0.15) is 11.9 Å². The minimum Gasteiger partial charge on any atom is -0.486 e. The highest BCUT2D eigenvalue weighted by Gasteiger charge is 2.08. The number of ether oxygens (including phenoxy) is 1. The fourth-order valence-corrected chi connectivity index (χ4v) is 1.94. The number of anilines is 1. The summed E-state index contributed by atoms with van der Waals surface area (Å²) in [6, 6.07) is 12.8. The van der Waals surface area contributed by atoms with Crippen molar-refractivity contribution in [2.24, 2.45) is 0 Å². The highest BCUT2D eigenvalue weighted by atomic mass is 35.5. The number of hydrogen-bond donors (Lipinski definition) is 1. The molecule has 0 saturated heterocycles. The van der Waals surface area contributed by atoms with Crippen LogP contribution in [0, 0.1) is 0 Å². The van der Waals surface area contributed by atoms with Gasteiger partial charge in [-0.15, -0.1) is 0 Å². The second-order valence-electron chi connectivity index (χ2n) is 4.00. The molecule has 2 N–H and O–H groups in total. The molecule has 0 fully saturated rings. The lowest BCUT2D eigenvalue weighted by atomic mass is 10.1. The van der Waals surface area contributed by atoms with Crippen LogP contribution in [0.1, 0.15) is 18.6 Å². The second-order valence-corrected chi connectivity index (χ2v) is 4.84. The molecule has 0 aliphatic rings. The third-order valence-electron chi connectivity index (χ3n) is 2.60. The fraction of sp³-hybridized carbons (Fsp3) is 0.143. The molecular weight excluding hydrogens is 269 g/mol. The first-order valence-electron chi connectivity index (χ1n) is 5.53. The van der Waals surface area contributed by atoms with Gasteiger partial charge in [0.25, 0.3) is 0 Å². The van der Waals surface area contributed by atoms with Gasteiger partial charge in [-0.2, -0.15) is 0 Å². The molecule has 0 amide bonds. The van der Waals surface area contributed by atoms with Crippen LogP contribution >= 0.6 is 23.2 Å². The maximum absolute atomic E-state index is 5.94. The Morgan fingerprint density at radius 3 is 2.56 bits per heavy atom. The summed E-state index contributed by atoms with van der Waals surface area (Å²) < 4.78 is 5.79. The zero-order valence-electron chi connectivity index (χ0n) is 9.86. The molecule has 1 atom stereocenters. The lowest BCUT2D eigenvalue weighted by Gasteiger charge is -2.15. The van der Waals surface area contributed by atoms with Crippen molar-refractivity contribution in [2.45, 2.75) is 13.0 Å². The summed E-state index contributed by atoms with van der Waals surface area (Å²) in [7, 11) is 0. The van der Waals surface area contributed by atoms with Gasteiger partial charge in [-0.3, -0.25) is 0 Å². The highest BCUT2D eigenvalue weighted by Crippen LogP contribution is 2.28. The van der Waals surface area contributed by atoms with Crippen molar-refractivity contribution in [3.05, 3.63) is 58.1 Å². The van der Waals surface area contributed by atoms with E-state index in [2.05, 4.69) is 0 Å². The van der Waals surface area contributed by atoms with Crippen molar-refractivity contribution in [3.8, 4) is 5.75 Å². The third kappa shape index (κ3) is 3.09. The van der Waals surface area contributed by atoms with Crippen LogP contribution in [0.25, 0.3) is 0 Å². The number of nitrogen functional groups attached to an aromatic ring is 1. The van der Waals surface area contributed by atoms with E-state index in [1.165, 1.54) is 0 Å². The number of benzene rings is 2. The molecule has 0 bridgehead atoms. The quantitative estimate of drug-likeness (QED) is 0.827. The maximum atomic E-state index is 5.94. The van der Waals surface area contributed by atoms with E-state index in [4.69, 9.17) is 33.7 Å². The van der Waals surface area contributed by atoms with Crippen LogP contribution in [0.4, 0.5) is 5.69 Å². The van der Waals surface area contributed by atoms with Crippen LogP contribution in [0.15, 0.2) is 42.5 Å². The van der Waals surface area contributed by atoms with E-state index in [9.17, 15) is 0 Å². The van der Waals surface area contributed by atoms with Crippen LogP contribution in [0.5, 0.6) is 5.75 Å². The molecule has 2 nitrogen and oxygen atoms in total. The Hall–Kier alpha value is -1.38. The van der Waals surface area contributed by atoms with Crippen LogP contribution < -0.4 is 10.5 Å². The van der Waals surface area contributed by atoms with E-state index in [-0.39, 0.29) is 6.10 Å². The van der Waals surface area contributed by atoms with E-state index < -0.39 is 0 Å². The summed E-state index contributed by atoms with van der Waals surface area (Å²) in [4.78, 5) is 0. The summed E-state index contributed by atoms with van der Waals surface area (Å²) in [6.07, 6.45) is -0.107. The molecule has 0 radical (unpaired) electrons. The molecular formula is C14H13Cl2NO. The van der Waals surface area contributed by atoms with E-state index in [0.29, 0.717) is 21.5 Å². The minimum atomic E-state index is -0.107. The smallest absolute Gasteiger partial charge is 0.122 e. The number of halogens is 2. The molecule has 94 valence electrons. The van der Waals surface area contributed by atoms with Gasteiger partial charge in [0.15, 0.2) is 0 Å². The Morgan fingerprint density at radius 1 is 1.11 bits per heavy atom. The number of hydrogen-bond acceptors (Lipinski definition) is 2. The van der Waals surface area contributed by atoms with Crippen molar-refractivity contribution in [1.29, 1.82) is 0 Å². The molecule has 0 heterocycles. The Bertz CT molecular complexity index is 557. The normalized spacial score (nSPS) is 12.2. The summed E-state index contributed by atoms with van der Waals surface area (Å²) in [5.41, 5.74) is 7.24. The molecule has 2 aromatic rings. The van der Waals surface area contributed by atoms with Crippen molar-refractivity contribution in [1.82, 2.24) is 0 Å². The van der Waals surface area contributed by atoms with Crippen LogP contribution in [-0.4, -0.2) is 0 Å². The average molecular weight is 282 g/mol. The zero-order valence-corrected chi connectivity index (χ0v) is 11.4. The molecule has 18 heavy (non-hydrogen) atoms. The summed E-state index contributed by atoms with van der Waals surface area (Å²) in [5, 5.41) is 1.22. The van der Waals surface area contributed by atoms with E-state index in [1.54, 1.807) is 18.2 Å². The molecule has 0 aliphatic carbocycles. The van der Waals surface area contributed by atoms with Crippen molar-refractivity contribution < 1.29 is 4.74 Å². The van der Waals surface area contributed by atoms with Gasteiger partial charge in [-0.25, -0.2) is 0 Å². The van der Waals surface area contributed by atoms with E-state index in [0.717, 1.165) is 5.56 Å². The standard InChI is InChI=1S/C14H13Cl2NO/c1-9(10-3-2-4-11(15)7-10)18-12-5-6-13(16)14(17)8-12/h2-9H,17H2,1H3. The van der Waals surface area contributed by atoms with Crippen molar-refractivity contribution in [3.63, 3.8) is 0 Å². The van der Waals surface area contributed by atoms with E-state index >= 15 is 0 Å². The first-order valence-corrected chi connectivity index (χ1v) is 6.29. The fourth-order valence-electron chi connectivity index (χ4n) is 1.63. The Balaban J connectivity index is 2.16. The van der Waals surface area contributed by atoms with Gasteiger partial charge >= 0.3 is 0 Å². The molecule has 0 spiro atoms. The lowest BCUT2D eigenvalue weighted by Crippen LogP contribution is -2.03. The topological polar surface area (TPSA) is 35.2 Å². The first-order chi connectivity index (χ1) is 8.56. The van der Waals surface area contributed by atoms with Gasteiger partial charge in [0.05, 0.1) is 10.7 Å². The number of rotatable bonds is 3. The minimum absolute atomic E-state index is 0.107. The van der Waals surface area contributed by atoms with Crippen LogP contribution in [0.3, 0.4) is 0 Å². The zero-order chi connectivity index (χ0) is 13.1. The Morgan fingerprint density at radius 2 is 1.89 bits per heavy atom. The van der Waals surface area contributed by atoms with Crippen LogP contribution in [-0.2, 0) is 0 Å². The second kappa shape index (κ2) is 5.51. The Kier molecular flexibility index (Phi) is 4.00. The van der Waals surface area contributed by atoms with Gasteiger partial charge in [0, 0.05) is 11.1 Å². The van der Waals surface area contributed by atoms with Crippen molar-refractivity contribution >= 4 is 28.9 Å². The molecule has 0 saturated carbocycles. The summed E-state index contributed by atoms with van der Waals surface area (Å²) in [5.74, 6) is 0.685. The van der Waals surface area contributed by atoms with Gasteiger partial charge in [0.2, 0.25) is 0 Å². The summed E-state index contributed by atoms with van der Waals surface area (Å²) >= 11 is 11.8. The predicted molar refractivity (Wildman–Crippen MR) is 76.4 cm³/mol. The third-order valence-corrected chi connectivity index (χ3v) is 3.18. The molecule has 2 aromatic carbocycles. The lowest BCUT2D eigenvalue weighted by molar-refractivity contribution is 0.227. The molecule has 1 unspecified atom stereocenters. The van der Waals surface area contributed by atoms with Gasteiger partial charge in [-0.1, -0.05) is 35.3 Å². The predicted octanol–water partition coefficient (Wildman–Crippen LogP) is 4.72. The maximum Gasteiger partial charge on any atom is 0.122 e. The first kappa shape index (κ1) is 13.1. The largest absolute Gasteiger partial charge is 0.486 e. The molecule has 4 heteroatoms. The highest BCUT2D eigenvalue weighted by molar-refractivity contribution is 6.33. The SMILES string of the molecule is CC(Oc1ccc(Cl)c(N)c1)c1cccc(Cl)c1. The van der Waals surface area contributed by atoms with Gasteiger partial charge in [-0.05, 0) is 36.8 Å².